The molecule has 0 heterocycles. The molecule has 1 aromatic rings. The van der Waals surface area contributed by atoms with Gasteiger partial charge in [0, 0.05) is 12.3 Å². The summed E-state index contributed by atoms with van der Waals surface area (Å²) < 4.78 is 0. The van der Waals surface area contributed by atoms with Crippen molar-refractivity contribution in [1.82, 2.24) is 0 Å². The fourth-order valence-electron chi connectivity index (χ4n) is 1.96. The summed E-state index contributed by atoms with van der Waals surface area (Å²) >= 11 is 0. The van der Waals surface area contributed by atoms with Crippen molar-refractivity contribution in [2.24, 2.45) is 0 Å². The normalized spacial score (nSPS) is 12.8. The molecule has 1 rings (SSSR count). The number of Topliss-reactive ketones (excluding diaryl/α,β-unsaturated/α-hetero) is 1. The standard InChI is InChI=1S/C16H22O/c1-3-5-6-10-13-16(17)15(4-2)14-11-8-7-9-12-14/h6-12,15H,3-5,13H2,1-2H3/b10-6+. The summed E-state index contributed by atoms with van der Waals surface area (Å²) in [6.45, 7) is 4.22. The molecule has 0 spiro atoms. The summed E-state index contributed by atoms with van der Waals surface area (Å²) in [7, 11) is 0. The van der Waals surface area contributed by atoms with E-state index in [1.807, 2.05) is 36.4 Å². The van der Waals surface area contributed by atoms with Crippen molar-refractivity contribution in [2.45, 2.75) is 45.4 Å². The predicted molar refractivity (Wildman–Crippen MR) is 73.1 cm³/mol. The van der Waals surface area contributed by atoms with Crippen molar-refractivity contribution >= 4 is 5.78 Å². The maximum atomic E-state index is 12.1. The van der Waals surface area contributed by atoms with Gasteiger partial charge in [-0.1, -0.05) is 62.8 Å². The monoisotopic (exact) mass is 230 g/mol. The number of carbonyl (C=O) groups is 1. The summed E-state index contributed by atoms with van der Waals surface area (Å²) in [5.41, 5.74) is 1.14. The van der Waals surface area contributed by atoms with E-state index in [-0.39, 0.29) is 5.92 Å². The van der Waals surface area contributed by atoms with Gasteiger partial charge >= 0.3 is 0 Å². The molecule has 0 saturated carbocycles. The number of hydrogen-bond donors (Lipinski definition) is 0. The second-order valence-corrected chi connectivity index (χ2v) is 4.30. The van der Waals surface area contributed by atoms with Crippen LogP contribution in [0, 0.1) is 0 Å². The summed E-state index contributed by atoms with van der Waals surface area (Å²) in [6, 6.07) is 10.1. The summed E-state index contributed by atoms with van der Waals surface area (Å²) in [5, 5.41) is 0. The highest BCUT2D eigenvalue weighted by Crippen LogP contribution is 2.21. The van der Waals surface area contributed by atoms with Crippen LogP contribution in [0.3, 0.4) is 0 Å². The quantitative estimate of drug-likeness (QED) is 0.630. The Hall–Kier alpha value is -1.37. The van der Waals surface area contributed by atoms with E-state index >= 15 is 0 Å². The number of unbranched alkanes of at least 4 members (excludes halogenated alkanes) is 1. The minimum atomic E-state index is 0.0578. The van der Waals surface area contributed by atoms with Crippen LogP contribution in [-0.4, -0.2) is 5.78 Å². The van der Waals surface area contributed by atoms with Crippen molar-refractivity contribution in [3.63, 3.8) is 0 Å². The van der Waals surface area contributed by atoms with Gasteiger partial charge in [-0.3, -0.25) is 4.79 Å². The van der Waals surface area contributed by atoms with Crippen molar-refractivity contribution in [2.75, 3.05) is 0 Å². The largest absolute Gasteiger partial charge is 0.299 e. The Morgan fingerprint density at radius 1 is 1.18 bits per heavy atom. The molecular formula is C16H22O. The van der Waals surface area contributed by atoms with E-state index in [4.69, 9.17) is 0 Å². The lowest BCUT2D eigenvalue weighted by atomic mass is 9.90. The molecule has 0 N–H and O–H groups in total. The SMILES string of the molecule is CCC/C=C/CC(=O)C(CC)c1ccccc1. The molecule has 1 aromatic carbocycles. The zero-order valence-corrected chi connectivity index (χ0v) is 10.9. The van der Waals surface area contributed by atoms with Crippen LogP contribution in [0.2, 0.25) is 0 Å². The number of carbonyl (C=O) groups excluding carboxylic acids is 1. The summed E-state index contributed by atoms with van der Waals surface area (Å²) in [4.78, 5) is 12.1. The lowest BCUT2D eigenvalue weighted by Crippen LogP contribution is -2.10. The first-order chi connectivity index (χ1) is 8.29. The van der Waals surface area contributed by atoms with Crippen LogP contribution in [0.1, 0.15) is 51.0 Å². The van der Waals surface area contributed by atoms with Crippen LogP contribution in [-0.2, 0) is 4.79 Å². The number of ketones is 1. The molecule has 0 aromatic heterocycles. The Morgan fingerprint density at radius 2 is 1.88 bits per heavy atom. The van der Waals surface area contributed by atoms with Gasteiger partial charge in [0.05, 0.1) is 0 Å². The van der Waals surface area contributed by atoms with Gasteiger partial charge in [0.15, 0.2) is 0 Å². The first kappa shape index (κ1) is 13.7. The van der Waals surface area contributed by atoms with Gasteiger partial charge in [-0.2, -0.15) is 0 Å². The molecular weight excluding hydrogens is 208 g/mol. The molecule has 0 radical (unpaired) electrons. The van der Waals surface area contributed by atoms with E-state index < -0.39 is 0 Å². The van der Waals surface area contributed by atoms with Crippen molar-refractivity contribution in [1.29, 1.82) is 0 Å². The molecule has 0 fully saturated rings. The maximum Gasteiger partial charge on any atom is 0.144 e. The number of benzene rings is 1. The fourth-order valence-corrected chi connectivity index (χ4v) is 1.96. The van der Waals surface area contributed by atoms with Crippen LogP contribution in [0.5, 0.6) is 0 Å². The van der Waals surface area contributed by atoms with Crippen LogP contribution in [0.15, 0.2) is 42.5 Å². The van der Waals surface area contributed by atoms with Gasteiger partial charge in [0.2, 0.25) is 0 Å². The van der Waals surface area contributed by atoms with E-state index in [0.29, 0.717) is 12.2 Å². The smallest absolute Gasteiger partial charge is 0.144 e. The molecule has 1 unspecified atom stereocenters. The molecule has 0 aliphatic rings. The van der Waals surface area contributed by atoms with E-state index in [1.165, 1.54) is 0 Å². The predicted octanol–water partition coefficient (Wildman–Crippen LogP) is 4.50. The van der Waals surface area contributed by atoms with Crippen molar-refractivity contribution < 1.29 is 4.79 Å². The Balaban J connectivity index is 2.59. The Bertz CT molecular complexity index is 351. The summed E-state index contributed by atoms with van der Waals surface area (Å²) in [5.74, 6) is 0.383. The third kappa shape index (κ3) is 4.56. The van der Waals surface area contributed by atoms with E-state index in [2.05, 4.69) is 19.9 Å². The molecule has 0 aliphatic carbocycles. The minimum Gasteiger partial charge on any atom is -0.299 e. The van der Waals surface area contributed by atoms with Crippen molar-refractivity contribution in [3.05, 3.63) is 48.0 Å². The molecule has 0 bridgehead atoms. The van der Waals surface area contributed by atoms with Gasteiger partial charge in [-0.15, -0.1) is 0 Å². The van der Waals surface area contributed by atoms with E-state index in [1.54, 1.807) is 0 Å². The second kappa shape index (κ2) is 7.83. The number of rotatable bonds is 7. The zero-order valence-electron chi connectivity index (χ0n) is 10.9. The van der Waals surface area contributed by atoms with Crippen LogP contribution in [0.4, 0.5) is 0 Å². The van der Waals surface area contributed by atoms with Gasteiger partial charge in [0.25, 0.3) is 0 Å². The first-order valence-corrected chi connectivity index (χ1v) is 6.52. The average molecular weight is 230 g/mol. The molecule has 17 heavy (non-hydrogen) atoms. The molecule has 1 nitrogen and oxygen atoms in total. The van der Waals surface area contributed by atoms with Crippen LogP contribution < -0.4 is 0 Å². The minimum absolute atomic E-state index is 0.0578. The second-order valence-electron chi connectivity index (χ2n) is 4.30. The Labute approximate surface area is 105 Å². The average Bonchev–Trinajstić information content (AvgIpc) is 2.37. The molecule has 92 valence electrons. The first-order valence-electron chi connectivity index (χ1n) is 6.52. The van der Waals surface area contributed by atoms with Gasteiger partial charge < -0.3 is 0 Å². The topological polar surface area (TPSA) is 17.1 Å². The van der Waals surface area contributed by atoms with E-state index in [0.717, 1.165) is 24.8 Å². The van der Waals surface area contributed by atoms with Gasteiger partial charge in [0.1, 0.15) is 5.78 Å². The molecule has 1 heteroatoms. The third-order valence-electron chi connectivity index (χ3n) is 2.94. The highest BCUT2D eigenvalue weighted by molar-refractivity contribution is 5.86. The lowest BCUT2D eigenvalue weighted by molar-refractivity contribution is -0.119. The third-order valence-corrected chi connectivity index (χ3v) is 2.94. The fraction of sp³-hybridized carbons (Fsp3) is 0.438. The summed E-state index contributed by atoms with van der Waals surface area (Å²) in [6.07, 6.45) is 7.76. The van der Waals surface area contributed by atoms with Gasteiger partial charge in [-0.25, -0.2) is 0 Å². The zero-order chi connectivity index (χ0) is 12.5. The highest BCUT2D eigenvalue weighted by atomic mass is 16.1. The number of hydrogen-bond acceptors (Lipinski definition) is 1. The molecule has 0 saturated heterocycles. The van der Waals surface area contributed by atoms with Crippen LogP contribution >= 0.6 is 0 Å². The Morgan fingerprint density at radius 3 is 2.47 bits per heavy atom. The molecule has 0 amide bonds. The Kier molecular flexibility index (Phi) is 6.31. The lowest BCUT2D eigenvalue weighted by Gasteiger charge is -2.12. The van der Waals surface area contributed by atoms with Gasteiger partial charge in [-0.05, 0) is 18.4 Å². The maximum absolute atomic E-state index is 12.1. The molecule has 1 atom stereocenters. The molecule has 0 aliphatic heterocycles. The van der Waals surface area contributed by atoms with Crippen LogP contribution in [0.25, 0.3) is 0 Å². The van der Waals surface area contributed by atoms with Crippen molar-refractivity contribution in [3.8, 4) is 0 Å². The highest BCUT2D eigenvalue weighted by Gasteiger charge is 2.16. The van der Waals surface area contributed by atoms with E-state index in [9.17, 15) is 4.79 Å². The number of allylic oxidation sites excluding steroid dienone is 2.